The highest BCUT2D eigenvalue weighted by molar-refractivity contribution is 6.29. The van der Waals surface area contributed by atoms with Crippen LogP contribution in [-0.2, 0) is 4.79 Å². The Kier molecular flexibility index (Phi) is 4.31. The first-order valence-corrected chi connectivity index (χ1v) is 8.64. The zero-order valence-electron chi connectivity index (χ0n) is 15.4. The molecule has 0 atom stereocenters. The van der Waals surface area contributed by atoms with Crippen LogP contribution in [0.3, 0.4) is 0 Å². The molecule has 1 aliphatic carbocycles. The van der Waals surface area contributed by atoms with Crippen LogP contribution in [-0.4, -0.2) is 28.4 Å². The van der Waals surface area contributed by atoms with E-state index in [1.165, 1.54) is 38.2 Å². The second-order valence-corrected chi connectivity index (χ2v) is 6.39. The monoisotopic (exact) mass is 390 g/mol. The molecule has 0 fully saturated rings. The summed E-state index contributed by atoms with van der Waals surface area (Å²) in [5.41, 5.74) is 0.258. The zero-order chi connectivity index (χ0) is 20.7. The van der Waals surface area contributed by atoms with E-state index in [4.69, 9.17) is 9.15 Å². The first-order valence-electron chi connectivity index (χ1n) is 8.64. The van der Waals surface area contributed by atoms with Gasteiger partial charge in [-0.05, 0) is 31.2 Å². The lowest BCUT2D eigenvalue weighted by molar-refractivity contribution is -0.114. The summed E-state index contributed by atoms with van der Waals surface area (Å²) in [7, 11) is 0. The number of nitrogens with zero attached hydrogens (tertiary/aromatic N) is 1. The molecule has 3 aromatic rings. The van der Waals surface area contributed by atoms with Crippen molar-refractivity contribution in [3.63, 3.8) is 0 Å². The van der Waals surface area contributed by atoms with Crippen molar-refractivity contribution in [3.05, 3.63) is 76.5 Å². The summed E-state index contributed by atoms with van der Waals surface area (Å²) in [6.45, 7) is 2.83. The number of ether oxygens (including phenoxy) is 1. The van der Waals surface area contributed by atoms with Crippen LogP contribution in [0.25, 0.3) is 0 Å². The van der Waals surface area contributed by atoms with Gasteiger partial charge in [-0.2, -0.15) is 0 Å². The molecule has 1 aromatic carbocycles. The van der Waals surface area contributed by atoms with Gasteiger partial charge in [0.15, 0.2) is 5.76 Å². The number of ketones is 2. The van der Waals surface area contributed by atoms with Crippen molar-refractivity contribution in [1.82, 2.24) is 4.98 Å². The fourth-order valence-electron chi connectivity index (χ4n) is 3.18. The van der Waals surface area contributed by atoms with E-state index in [0.29, 0.717) is 5.69 Å². The molecule has 0 bridgehead atoms. The van der Waals surface area contributed by atoms with Crippen molar-refractivity contribution in [3.8, 4) is 5.75 Å². The van der Waals surface area contributed by atoms with E-state index in [9.17, 15) is 19.2 Å². The van der Waals surface area contributed by atoms with E-state index < -0.39 is 17.5 Å². The highest BCUT2D eigenvalue weighted by Crippen LogP contribution is 2.33. The minimum atomic E-state index is -0.854. The molecule has 2 aromatic heterocycles. The third-order valence-electron chi connectivity index (χ3n) is 4.35. The Balaban J connectivity index is 1.71. The molecule has 144 valence electrons. The van der Waals surface area contributed by atoms with Gasteiger partial charge in [0.2, 0.25) is 17.5 Å². The van der Waals surface area contributed by atoms with E-state index >= 15 is 0 Å². The maximum atomic E-state index is 12.9. The Morgan fingerprint density at radius 2 is 1.90 bits per heavy atom. The predicted octanol–water partition coefficient (Wildman–Crippen LogP) is 2.94. The van der Waals surface area contributed by atoms with Crippen LogP contribution in [0, 0.1) is 6.92 Å². The van der Waals surface area contributed by atoms with Crippen LogP contribution >= 0.6 is 0 Å². The largest absolute Gasteiger partial charge is 0.456 e. The molecule has 1 aliphatic rings. The second kappa shape index (κ2) is 6.83. The fourth-order valence-corrected chi connectivity index (χ4v) is 3.18. The number of pyridine rings is 1. The first kappa shape index (κ1) is 18.3. The molecule has 1 N–H and O–H groups in total. The van der Waals surface area contributed by atoms with Crippen LogP contribution in [0.15, 0.2) is 47.0 Å². The van der Waals surface area contributed by atoms with Gasteiger partial charge in [-0.3, -0.25) is 19.4 Å². The van der Waals surface area contributed by atoms with Gasteiger partial charge >= 0.3 is 5.97 Å². The standard InChI is InChI=1S/C21H14N2O6/c1-10-15(21(27)29-13-6-3-5-12(9-13)23-11(2)24)16-19(26)17-14(7-4-8-22-17)18(25)20(16)28-10/h3-9H,1-2H3,(H,23,24). The van der Waals surface area contributed by atoms with Crippen molar-refractivity contribution >= 4 is 29.1 Å². The van der Waals surface area contributed by atoms with E-state index in [0.717, 1.165) is 0 Å². The van der Waals surface area contributed by atoms with E-state index in [-0.39, 0.29) is 45.6 Å². The number of nitrogens with one attached hydrogen (secondary N) is 1. The predicted molar refractivity (Wildman–Crippen MR) is 100 cm³/mol. The van der Waals surface area contributed by atoms with Gasteiger partial charge in [-0.1, -0.05) is 6.07 Å². The third kappa shape index (κ3) is 3.10. The Hall–Kier alpha value is -4.07. The number of carbonyl (C=O) groups is 4. The smallest absolute Gasteiger partial charge is 0.347 e. The molecule has 1 amide bonds. The number of aromatic nitrogens is 1. The van der Waals surface area contributed by atoms with Gasteiger partial charge in [0.05, 0.1) is 11.1 Å². The maximum absolute atomic E-state index is 12.9. The van der Waals surface area contributed by atoms with Crippen molar-refractivity contribution in [2.75, 3.05) is 5.32 Å². The molecule has 4 rings (SSSR count). The van der Waals surface area contributed by atoms with Crippen LogP contribution in [0.4, 0.5) is 5.69 Å². The number of anilines is 1. The number of esters is 1. The normalized spacial score (nSPS) is 12.2. The van der Waals surface area contributed by atoms with E-state index in [2.05, 4.69) is 10.3 Å². The minimum absolute atomic E-state index is 0.0347. The molecule has 0 saturated heterocycles. The van der Waals surface area contributed by atoms with E-state index in [1.54, 1.807) is 18.2 Å². The Morgan fingerprint density at radius 1 is 1.10 bits per heavy atom. The number of hydrogen-bond donors (Lipinski definition) is 1. The maximum Gasteiger partial charge on any atom is 0.347 e. The topological polar surface area (TPSA) is 116 Å². The average molecular weight is 390 g/mol. The van der Waals surface area contributed by atoms with Crippen LogP contribution in [0.2, 0.25) is 0 Å². The molecule has 8 nitrogen and oxygen atoms in total. The SMILES string of the molecule is CC(=O)Nc1cccc(OC(=O)c2c(C)oc3c2C(=O)c2ncccc2C3=O)c1. The minimum Gasteiger partial charge on any atom is -0.456 e. The summed E-state index contributed by atoms with van der Waals surface area (Å²) in [4.78, 5) is 53.5. The second-order valence-electron chi connectivity index (χ2n) is 6.39. The van der Waals surface area contributed by atoms with Crippen molar-refractivity contribution in [2.24, 2.45) is 0 Å². The number of benzene rings is 1. The quantitative estimate of drug-likeness (QED) is 0.422. The van der Waals surface area contributed by atoms with Crippen molar-refractivity contribution < 1.29 is 28.3 Å². The number of rotatable bonds is 3. The zero-order valence-corrected chi connectivity index (χ0v) is 15.4. The lowest BCUT2D eigenvalue weighted by Crippen LogP contribution is -2.23. The number of aryl methyl sites for hydroxylation is 1. The number of carbonyl (C=O) groups excluding carboxylic acids is 4. The summed E-state index contributed by atoms with van der Waals surface area (Å²) in [6, 6.07) is 9.24. The Labute approximate surface area is 164 Å². The van der Waals surface area contributed by atoms with Gasteiger partial charge in [0.25, 0.3) is 0 Å². The molecular formula is C21H14N2O6. The third-order valence-corrected chi connectivity index (χ3v) is 4.35. The van der Waals surface area contributed by atoms with Gasteiger partial charge in [0, 0.05) is 24.9 Å². The van der Waals surface area contributed by atoms with E-state index in [1.807, 2.05) is 0 Å². The summed E-state index contributed by atoms with van der Waals surface area (Å²) < 4.78 is 10.8. The average Bonchev–Trinajstić information content (AvgIpc) is 3.03. The first-order chi connectivity index (χ1) is 13.9. The van der Waals surface area contributed by atoms with Crippen molar-refractivity contribution in [2.45, 2.75) is 13.8 Å². The van der Waals surface area contributed by atoms with Gasteiger partial charge in [0.1, 0.15) is 22.8 Å². The summed E-state index contributed by atoms with van der Waals surface area (Å²) in [5.74, 6) is -2.18. The van der Waals surface area contributed by atoms with Crippen molar-refractivity contribution in [1.29, 1.82) is 0 Å². The summed E-state index contributed by atoms with van der Waals surface area (Å²) in [6.07, 6.45) is 1.40. The molecule has 8 heteroatoms. The Bertz CT molecular complexity index is 1210. The van der Waals surface area contributed by atoms with Crippen LogP contribution in [0.1, 0.15) is 55.2 Å². The lowest BCUT2D eigenvalue weighted by atomic mass is 9.90. The lowest BCUT2D eigenvalue weighted by Gasteiger charge is -2.12. The molecule has 0 unspecified atom stereocenters. The number of fused-ring (bicyclic) bond motifs is 2. The van der Waals surface area contributed by atoms with Crippen LogP contribution in [0.5, 0.6) is 5.75 Å². The molecule has 0 spiro atoms. The number of amides is 1. The summed E-state index contributed by atoms with van der Waals surface area (Å²) >= 11 is 0. The molecule has 0 aliphatic heterocycles. The molecule has 0 saturated carbocycles. The highest BCUT2D eigenvalue weighted by atomic mass is 16.5. The van der Waals surface area contributed by atoms with Gasteiger partial charge in [-0.25, -0.2) is 4.79 Å². The Morgan fingerprint density at radius 3 is 2.66 bits per heavy atom. The van der Waals surface area contributed by atoms with Crippen LogP contribution < -0.4 is 10.1 Å². The molecule has 2 heterocycles. The van der Waals surface area contributed by atoms with Gasteiger partial charge < -0.3 is 14.5 Å². The highest BCUT2D eigenvalue weighted by Gasteiger charge is 2.39. The molecule has 0 radical (unpaired) electrons. The number of furan rings is 1. The summed E-state index contributed by atoms with van der Waals surface area (Å²) in [5, 5.41) is 2.58. The number of hydrogen-bond acceptors (Lipinski definition) is 7. The van der Waals surface area contributed by atoms with Gasteiger partial charge in [-0.15, -0.1) is 0 Å². The molecule has 29 heavy (non-hydrogen) atoms. The fraction of sp³-hybridized carbons (Fsp3) is 0.0952. The molecular weight excluding hydrogens is 376 g/mol.